The molecule has 0 fully saturated rings. The van der Waals surface area contributed by atoms with Crippen LogP contribution in [0.5, 0.6) is 5.75 Å². The summed E-state index contributed by atoms with van der Waals surface area (Å²) in [6, 6.07) is 17.9. The van der Waals surface area contributed by atoms with E-state index in [-0.39, 0.29) is 0 Å². The minimum absolute atomic E-state index is 0.639. The van der Waals surface area contributed by atoms with Crippen LogP contribution in [-0.2, 0) is 6.54 Å². The average Bonchev–Trinajstić information content (AvgIpc) is 2.85. The van der Waals surface area contributed by atoms with E-state index < -0.39 is 0 Å². The molecule has 2 aromatic carbocycles. The minimum Gasteiger partial charge on any atom is -0.492 e. The summed E-state index contributed by atoms with van der Waals surface area (Å²) in [4.78, 5) is 0. The van der Waals surface area contributed by atoms with Crippen molar-refractivity contribution in [1.82, 2.24) is 4.57 Å². The van der Waals surface area contributed by atoms with Crippen LogP contribution in [0.25, 0.3) is 10.9 Å². The number of nitrogens with zero attached hydrogens (tertiary/aromatic N) is 1. The Bertz CT molecular complexity index is 673. The van der Waals surface area contributed by atoms with E-state index in [1.807, 2.05) is 24.3 Å². The van der Waals surface area contributed by atoms with Gasteiger partial charge in [0.2, 0.25) is 0 Å². The first kappa shape index (κ1) is 12.1. The first-order chi connectivity index (χ1) is 9.33. The number of halogens is 1. The SMILES string of the molecule is Clc1ccc(OCCn2ccc3ccccc32)cc1. The molecule has 0 amide bonds. The lowest BCUT2D eigenvalue weighted by molar-refractivity contribution is 0.300. The zero-order valence-corrected chi connectivity index (χ0v) is 11.2. The van der Waals surface area contributed by atoms with Gasteiger partial charge in [-0.2, -0.15) is 0 Å². The molecular weight excluding hydrogens is 258 g/mol. The lowest BCUT2D eigenvalue weighted by Crippen LogP contribution is -2.06. The fourth-order valence-electron chi connectivity index (χ4n) is 2.13. The second-order valence-electron chi connectivity index (χ2n) is 4.37. The first-order valence-corrected chi connectivity index (χ1v) is 6.63. The van der Waals surface area contributed by atoms with Gasteiger partial charge in [0.25, 0.3) is 0 Å². The van der Waals surface area contributed by atoms with Crippen LogP contribution >= 0.6 is 11.6 Å². The Balaban J connectivity index is 1.65. The van der Waals surface area contributed by atoms with E-state index in [1.54, 1.807) is 0 Å². The maximum Gasteiger partial charge on any atom is 0.119 e. The molecule has 1 heterocycles. The van der Waals surface area contributed by atoms with E-state index in [4.69, 9.17) is 16.3 Å². The van der Waals surface area contributed by atoms with Crippen molar-refractivity contribution >= 4 is 22.5 Å². The molecule has 3 rings (SSSR count). The van der Waals surface area contributed by atoms with Crippen LogP contribution in [0.15, 0.2) is 60.8 Å². The second kappa shape index (κ2) is 5.37. The highest BCUT2D eigenvalue weighted by molar-refractivity contribution is 6.30. The third kappa shape index (κ3) is 2.74. The monoisotopic (exact) mass is 271 g/mol. The highest BCUT2D eigenvalue weighted by Crippen LogP contribution is 2.17. The van der Waals surface area contributed by atoms with Gasteiger partial charge in [0.15, 0.2) is 0 Å². The lowest BCUT2D eigenvalue weighted by atomic mass is 10.2. The van der Waals surface area contributed by atoms with Crippen molar-refractivity contribution in [3.63, 3.8) is 0 Å². The summed E-state index contributed by atoms with van der Waals surface area (Å²) >= 11 is 5.83. The Labute approximate surface area is 117 Å². The molecule has 3 heteroatoms. The molecule has 0 aliphatic carbocycles. The fourth-order valence-corrected chi connectivity index (χ4v) is 2.25. The molecule has 19 heavy (non-hydrogen) atoms. The zero-order chi connectivity index (χ0) is 13.1. The van der Waals surface area contributed by atoms with Gasteiger partial charge >= 0.3 is 0 Å². The van der Waals surface area contributed by atoms with E-state index in [9.17, 15) is 0 Å². The first-order valence-electron chi connectivity index (χ1n) is 6.25. The van der Waals surface area contributed by atoms with Gasteiger partial charge in [-0.15, -0.1) is 0 Å². The number of ether oxygens (including phenoxy) is 1. The molecule has 0 unspecified atom stereocenters. The van der Waals surface area contributed by atoms with E-state index in [0.29, 0.717) is 6.61 Å². The smallest absolute Gasteiger partial charge is 0.119 e. The van der Waals surface area contributed by atoms with Crippen LogP contribution < -0.4 is 4.74 Å². The number of aromatic nitrogens is 1. The third-order valence-corrected chi connectivity index (χ3v) is 3.35. The minimum atomic E-state index is 0.639. The predicted molar refractivity (Wildman–Crippen MR) is 78.9 cm³/mol. The Hall–Kier alpha value is -1.93. The normalized spacial score (nSPS) is 10.8. The van der Waals surface area contributed by atoms with Gasteiger partial charge in [-0.05, 0) is 41.8 Å². The van der Waals surface area contributed by atoms with Gasteiger partial charge in [0.05, 0.1) is 6.54 Å². The summed E-state index contributed by atoms with van der Waals surface area (Å²) < 4.78 is 7.90. The van der Waals surface area contributed by atoms with Crippen LogP contribution in [0.2, 0.25) is 5.02 Å². The molecule has 3 aromatic rings. The van der Waals surface area contributed by atoms with Gasteiger partial charge in [-0.25, -0.2) is 0 Å². The van der Waals surface area contributed by atoms with Gasteiger partial charge in [0, 0.05) is 16.7 Å². The molecule has 0 saturated heterocycles. The summed E-state index contributed by atoms with van der Waals surface area (Å²) in [5, 5.41) is 1.98. The largest absolute Gasteiger partial charge is 0.492 e. The summed E-state index contributed by atoms with van der Waals surface area (Å²) in [6.45, 7) is 1.47. The van der Waals surface area contributed by atoms with Crippen LogP contribution in [0, 0.1) is 0 Å². The number of hydrogen-bond acceptors (Lipinski definition) is 1. The molecule has 0 aliphatic heterocycles. The summed E-state index contributed by atoms with van der Waals surface area (Å²) in [5.74, 6) is 0.848. The Morgan fingerprint density at radius 1 is 0.947 bits per heavy atom. The molecular formula is C16H14ClNO. The van der Waals surface area contributed by atoms with Gasteiger partial charge in [0.1, 0.15) is 12.4 Å². The van der Waals surface area contributed by atoms with Gasteiger partial charge in [-0.1, -0.05) is 29.8 Å². The number of para-hydroxylation sites is 1. The van der Waals surface area contributed by atoms with E-state index in [2.05, 4.69) is 41.1 Å². The van der Waals surface area contributed by atoms with Crippen molar-refractivity contribution in [3.8, 4) is 5.75 Å². The molecule has 0 aliphatic rings. The molecule has 0 atom stereocenters. The Kier molecular flexibility index (Phi) is 3.43. The van der Waals surface area contributed by atoms with Crippen molar-refractivity contribution in [2.75, 3.05) is 6.61 Å². The lowest BCUT2D eigenvalue weighted by Gasteiger charge is -2.08. The van der Waals surface area contributed by atoms with E-state index in [0.717, 1.165) is 17.3 Å². The van der Waals surface area contributed by atoms with E-state index >= 15 is 0 Å². The summed E-state index contributed by atoms with van der Waals surface area (Å²) in [6.07, 6.45) is 2.09. The molecule has 0 saturated carbocycles. The number of fused-ring (bicyclic) bond motifs is 1. The van der Waals surface area contributed by atoms with Crippen LogP contribution in [0.4, 0.5) is 0 Å². The quantitative estimate of drug-likeness (QED) is 0.687. The van der Waals surface area contributed by atoms with Crippen molar-refractivity contribution in [3.05, 3.63) is 65.8 Å². The topological polar surface area (TPSA) is 14.2 Å². The van der Waals surface area contributed by atoms with Crippen molar-refractivity contribution in [2.24, 2.45) is 0 Å². The predicted octanol–water partition coefficient (Wildman–Crippen LogP) is 4.37. The van der Waals surface area contributed by atoms with Crippen molar-refractivity contribution in [1.29, 1.82) is 0 Å². The Morgan fingerprint density at radius 3 is 2.58 bits per heavy atom. The number of benzene rings is 2. The maximum absolute atomic E-state index is 5.83. The van der Waals surface area contributed by atoms with Gasteiger partial charge < -0.3 is 9.30 Å². The molecule has 0 radical (unpaired) electrons. The second-order valence-corrected chi connectivity index (χ2v) is 4.81. The van der Waals surface area contributed by atoms with E-state index in [1.165, 1.54) is 10.9 Å². The molecule has 1 aromatic heterocycles. The molecule has 96 valence electrons. The average molecular weight is 272 g/mol. The summed E-state index contributed by atoms with van der Waals surface area (Å²) in [5.41, 5.74) is 1.24. The van der Waals surface area contributed by atoms with Crippen molar-refractivity contribution in [2.45, 2.75) is 6.54 Å². The number of hydrogen-bond donors (Lipinski definition) is 0. The van der Waals surface area contributed by atoms with Crippen LogP contribution in [0.1, 0.15) is 0 Å². The van der Waals surface area contributed by atoms with Crippen molar-refractivity contribution < 1.29 is 4.74 Å². The fraction of sp³-hybridized carbons (Fsp3) is 0.125. The summed E-state index contributed by atoms with van der Waals surface area (Å²) in [7, 11) is 0. The third-order valence-electron chi connectivity index (χ3n) is 3.09. The Morgan fingerprint density at radius 2 is 1.74 bits per heavy atom. The van der Waals surface area contributed by atoms with Crippen LogP contribution in [-0.4, -0.2) is 11.2 Å². The standard InChI is InChI=1S/C16H14ClNO/c17-14-5-7-15(8-6-14)19-12-11-18-10-9-13-3-1-2-4-16(13)18/h1-10H,11-12H2. The highest BCUT2D eigenvalue weighted by atomic mass is 35.5. The molecule has 0 bridgehead atoms. The highest BCUT2D eigenvalue weighted by Gasteiger charge is 2.00. The molecule has 2 nitrogen and oxygen atoms in total. The van der Waals surface area contributed by atoms with Gasteiger partial charge in [-0.3, -0.25) is 0 Å². The molecule has 0 N–H and O–H groups in total. The van der Waals surface area contributed by atoms with Crippen LogP contribution in [0.3, 0.4) is 0 Å². The molecule has 0 spiro atoms. The zero-order valence-electron chi connectivity index (χ0n) is 10.4. The maximum atomic E-state index is 5.83. The number of rotatable bonds is 4.